The molecule has 0 atom stereocenters. The van der Waals surface area contributed by atoms with Crippen LogP contribution >= 0.6 is 0 Å². The Hall–Kier alpha value is -2.43. The Balaban J connectivity index is 2.25. The molecule has 0 aliphatic carbocycles. The number of anilines is 2. The van der Waals surface area contributed by atoms with Gasteiger partial charge in [0.25, 0.3) is 5.91 Å². The summed E-state index contributed by atoms with van der Waals surface area (Å²) in [7, 11) is 3.72. The molecule has 23 heavy (non-hydrogen) atoms. The summed E-state index contributed by atoms with van der Waals surface area (Å²) in [6.07, 6.45) is 2.18. The van der Waals surface area contributed by atoms with Crippen molar-refractivity contribution in [2.45, 2.75) is 26.7 Å². The van der Waals surface area contributed by atoms with Crippen molar-refractivity contribution in [2.24, 2.45) is 0 Å². The van der Waals surface area contributed by atoms with Crippen LogP contribution in [0.5, 0.6) is 0 Å². The summed E-state index contributed by atoms with van der Waals surface area (Å²) in [5, 5.41) is 0. The largest absolute Gasteiger partial charge is 0.344 e. The summed E-state index contributed by atoms with van der Waals surface area (Å²) in [4.78, 5) is 25.2. The maximum absolute atomic E-state index is 12.7. The fraction of sp³-hybridized carbons (Fsp3) is 0.389. The zero-order valence-corrected chi connectivity index (χ0v) is 14.3. The van der Waals surface area contributed by atoms with Crippen molar-refractivity contribution in [2.75, 3.05) is 30.4 Å². The van der Waals surface area contributed by atoms with Gasteiger partial charge in [0.15, 0.2) is 0 Å². The van der Waals surface area contributed by atoms with Crippen LogP contribution in [0.15, 0.2) is 36.4 Å². The van der Waals surface area contributed by atoms with Gasteiger partial charge in [-0.2, -0.15) is 0 Å². The van der Waals surface area contributed by atoms with Gasteiger partial charge in [-0.3, -0.25) is 4.79 Å². The molecule has 5 nitrogen and oxygen atoms in total. The molecule has 2 rings (SSSR count). The molecule has 122 valence electrons. The highest BCUT2D eigenvalue weighted by Crippen LogP contribution is 2.16. The first kappa shape index (κ1) is 16.9. The van der Waals surface area contributed by atoms with Crippen molar-refractivity contribution in [3.8, 4) is 0 Å². The number of aromatic nitrogens is 2. The van der Waals surface area contributed by atoms with Crippen LogP contribution in [0.1, 0.15) is 35.9 Å². The Morgan fingerprint density at radius 2 is 1.83 bits per heavy atom. The van der Waals surface area contributed by atoms with E-state index >= 15 is 0 Å². The zero-order valence-electron chi connectivity index (χ0n) is 14.3. The molecule has 5 heteroatoms. The second-order valence-corrected chi connectivity index (χ2v) is 5.67. The molecular formula is C18H24N4O. The van der Waals surface area contributed by atoms with E-state index in [1.165, 1.54) is 0 Å². The standard InChI is InChI=1S/C18H24N4O/c1-5-6-12-21(3)18-19-14(2)13-16(20-18)17(23)22(4)15-10-8-7-9-11-15/h7-11,13H,5-6,12H2,1-4H3. The van der Waals surface area contributed by atoms with E-state index < -0.39 is 0 Å². The van der Waals surface area contributed by atoms with Crippen LogP contribution in [0.3, 0.4) is 0 Å². The Bertz CT molecular complexity index is 657. The van der Waals surface area contributed by atoms with Gasteiger partial charge in [0.2, 0.25) is 5.95 Å². The first-order valence-electron chi connectivity index (χ1n) is 7.93. The molecular weight excluding hydrogens is 288 g/mol. The van der Waals surface area contributed by atoms with Crippen LogP contribution in [-0.2, 0) is 0 Å². The van der Waals surface area contributed by atoms with Crippen LogP contribution in [-0.4, -0.2) is 36.5 Å². The van der Waals surface area contributed by atoms with Crippen molar-refractivity contribution in [3.05, 3.63) is 47.8 Å². The number of amides is 1. The molecule has 0 saturated carbocycles. The van der Waals surface area contributed by atoms with Crippen LogP contribution < -0.4 is 9.80 Å². The molecule has 0 bridgehead atoms. The summed E-state index contributed by atoms with van der Waals surface area (Å²) in [6.45, 7) is 4.91. The predicted octanol–water partition coefficient (Wildman–Crippen LogP) is 3.30. The Morgan fingerprint density at radius 1 is 1.13 bits per heavy atom. The maximum Gasteiger partial charge on any atom is 0.276 e. The zero-order chi connectivity index (χ0) is 16.8. The first-order valence-corrected chi connectivity index (χ1v) is 7.93. The van der Waals surface area contributed by atoms with Gasteiger partial charge in [-0.1, -0.05) is 31.5 Å². The number of hydrogen-bond acceptors (Lipinski definition) is 4. The lowest BCUT2D eigenvalue weighted by molar-refractivity contribution is 0.0988. The van der Waals surface area contributed by atoms with Crippen LogP contribution in [0.25, 0.3) is 0 Å². The molecule has 0 unspecified atom stereocenters. The van der Waals surface area contributed by atoms with E-state index in [2.05, 4.69) is 16.9 Å². The van der Waals surface area contributed by atoms with E-state index in [0.29, 0.717) is 11.6 Å². The number of rotatable bonds is 6. The lowest BCUT2D eigenvalue weighted by Gasteiger charge is -2.20. The van der Waals surface area contributed by atoms with E-state index in [9.17, 15) is 4.79 Å². The fourth-order valence-electron chi connectivity index (χ4n) is 2.27. The molecule has 0 aliphatic rings. The van der Waals surface area contributed by atoms with Crippen LogP contribution in [0, 0.1) is 6.92 Å². The van der Waals surface area contributed by atoms with Crippen LogP contribution in [0.4, 0.5) is 11.6 Å². The molecule has 0 N–H and O–H groups in total. The highest BCUT2D eigenvalue weighted by atomic mass is 16.2. The Labute approximate surface area is 138 Å². The number of benzene rings is 1. The second-order valence-electron chi connectivity index (χ2n) is 5.67. The fourth-order valence-corrected chi connectivity index (χ4v) is 2.27. The van der Waals surface area contributed by atoms with Gasteiger partial charge in [-0.05, 0) is 31.5 Å². The molecule has 1 amide bonds. The van der Waals surface area contributed by atoms with E-state index in [-0.39, 0.29) is 5.91 Å². The van der Waals surface area contributed by atoms with Gasteiger partial charge in [0, 0.05) is 32.0 Å². The predicted molar refractivity (Wildman–Crippen MR) is 94.1 cm³/mol. The van der Waals surface area contributed by atoms with Gasteiger partial charge >= 0.3 is 0 Å². The SMILES string of the molecule is CCCCN(C)c1nc(C)cc(C(=O)N(C)c2ccccc2)n1. The lowest BCUT2D eigenvalue weighted by atomic mass is 10.2. The highest BCUT2D eigenvalue weighted by molar-refractivity contribution is 6.04. The summed E-state index contributed by atoms with van der Waals surface area (Å²) < 4.78 is 0. The van der Waals surface area contributed by atoms with Crippen molar-refractivity contribution in [3.63, 3.8) is 0 Å². The van der Waals surface area contributed by atoms with E-state index in [0.717, 1.165) is 30.8 Å². The van der Waals surface area contributed by atoms with Gasteiger partial charge in [-0.15, -0.1) is 0 Å². The molecule has 1 aromatic heterocycles. The summed E-state index contributed by atoms with van der Waals surface area (Å²) in [6, 6.07) is 11.3. The highest BCUT2D eigenvalue weighted by Gasteiger charge is 2.17. The Kier molecular flexibility index (Phi) is 5.68. The lowest BCUT2D eigenvalue weighted by Crippen LogP contribution is -2.29. The Morgan fingerprint density at radius 3 is 2.48 bits per heavy atom. The molecule has 0 fully saturated rings. The molecule has 0 radical (unpaired) electrons. The third-order valence-electron chi connectivity index (χ3n) is 3.70. The minimum Gasteiger partial charge on any atom is -0.344 e. The third kappa shape index (κ3) is 4.28. The summed E-state index contributed by atoms with van der Waals surface area (Å²) >= 11 is 0. The van der Waals surface area contributed by atoms with Gasteiger partial charge in [-0.25, -0.2) is 9.97 Å². The van der Waals surface area contributed by atoms with Crippen LogP contribution in [0.2, 0.25) is 0 Å². The van der Waals surface area contributed by atoms with Gasteiger partial charge in [0.05, 0.1) is 0 Å². The van der Waals surface area contributed by atoms with Crippen molar-refractivity contribution < 1.29 is 4.79 Å². The van der Waals surface area contributed by atoms with Gasteiger partial charge < -0.3 is 9.80 Å². The quantitative estimate of drug-likeness (QED) is 0.821. The normalized spacial score (nSPS) is 10.4. The number of hydrogen-bond donors (Lipinski definition) is 0. The summed E-state index contributed by atoms with van der Waals surface area (Å²) in [5.41, 5.74) is 2.06. The van der Waals surface area contributed by atoms with Crippen molar-refractivity contribution in [1.82, 2.24) is 9.97 Å². The average Bonchev–Trinajstić information content (AvgIpc) is 2.58. The summed E-state index contributed by atoms with van der Waals surface area (Å²) in [5.74, 6) is 0.468. The molecule has 0 spiro atoms. The van der Waals surface area contributed by atoms with Crippen molar-refractivity contribution in [1.29, 1.82) is 0 Å². The first-order chi connectivity index (χ1) is 11.0. The molecule has 1 heterocycles. The monoisotopic (exact) mass is 312 g/mol. The number of para-hydroxylation sites is 1. The minimum atomic E-state index is -0.133. The second kappa shape index (κ2) is 7.72. The average molecular weight is 312 g/mol. The molecule has 0 saturated heterocycles. The van der Waals surface area contributed by atoms with Gasteiger partial charge in [0.1, 0.15) is 5.69 Å². The number of unbranched alkanes of at least 4 members (excludes halogenated alkanes) is 1. The van der Waals surface area contributed by atoms with E-state index in [1.807, 2.05) is 49.2 Å². The third-order valence-corrected chi connectivity index (χ3v) is 3.70. The number of carbonyl (C=O) groups excluding carboxylic acids is 1. The minimum absolute atomic E-state index is 0.133. The molecule has 1 aromatic carbocycles. The number of aryl methyl sites for hydroxylation is 1. The van der Waals surface area contributed by atoms with E-state index in [1.54, 1.807) is 18.0 Å². The molecule has 2 aromatic rings. The smallest absolute Gasteiger partial charge is 0.276 e. The van der Waals surface area contributed by atoms with Crippen molar-refractivity contribution >= 4 is 17.5 Å². The number of carbonyl (C=O) groups is 1. The maximum atomic E-state index is 12.7. The molecule has 0 aliphatic heterocycles. The van der Waals surface area contributed by atoms with E-state index in [4.69, 9.17) is 0 Å². The topological polar surface area (TPSA) is 49.3 Å². The number of nitrogens with zero attached hydrogens (tertiary/aromatic N) is 4.